The molecular formula is C7H10BrN2O2+. The van der Waals surface area contributed by atoms with Crippen molar-refractivity contribution < 1.29 is 10.3 Å². The number of aromatic amines is 1. The zero-order valence-electron chi connectivity index (χ0n) is 6.85. The molecule has 0 atom stereocenters. The Morgan fingerprint density at radius 2 is 2.33 bits per heavy atom. The van der Waals surface area contributed by atoms with Crippen LogP contribution < -0.4 is 11.0 Å². The van der Waals surface area contributed by atoms with E-state index in [-0.39, 0.29) is 5.56 Å². The minimum atomic E-state index is -0.124. The molecule has 0 unspecified atom stereocenters. The molecule has 0 aliphatic carbocycles. The predicted octanol–water partition coefficient (Wildman–Crippen LogP) is 0.202. The molecule has 3 N–H and O–H groups in total. The summed E-state index contributed by atoms with van der Waals surface area (Å²) in [5.74, 6) is 0. The molecule has 0 aromatic carbocycles. The maximum atomic E-state index is 11.0. The molecule has 1 rings (SSSR count). The third kappa shape index (κ3) is 1.94. The van der Waals surface area contributed by atoms with Gasteiger partial charge in [-0.3, -0.25) is 4.79 Å². The van der Waals surface area contributed by atoms with Gasteiger partial charge in [0.05, 0.1) is 17.3 Å². The van der Waals surface area contributed by atoms with Crippen LogP contribution in [-0.2, 0) is 4.84 Å². The Morgan fingerprint density at radius 1 is 1.67 bits per heavy atom. The predicted molar refractivity (Wildman–Crippen MR) is 48.1 cm³/mol. The molecule has 5 heteroatoms. The number of rotatable bonds is 2. The first-order chi connectivity index (χ1) is 5.65. The van der Waals surface area contributed by atoms with Crippen molar-refractivity contribution in [3.8, 4) is 0 Å². The fourth-order valence-corrected chi connectivity index (χ4v) is 1.21. The van der Waals surface area contributed by atoms with Crippen LogP contribution in [0.25, 0.3) is 0 Å². The van der Waals surface area contributed by atoms with Crippen molar-refractivity contribution in [3.63, 3.8) is 0 Å². The van der Waals surface area contributed by atoms with Crippen molar-refractivity contribution in [2.45, 2.75) is 6.92 Å². The summed E-state index contributed by atoms with van der Waals surface area (Å²) in [6.07, 6.45) is 0. The Hall–Kier alpha value is -0.650. The molecule has 0 radical (unpaired) electrons. The molecule has 0 aliphatic rings. The van der Waals surface area contributed by atoms with Gasteiger partial charge in [0.25, 0.3) is 5.56 Å². The van der Waals surface area contributed by atoms with E-state index in [0.717, 1.165) is 11.4 Å². The Bertz CT molecular complexity index is 335. The number of nitrogens with two attached hydrogens (primary N) is 1. The highest BCUT2D eigenvalue weighted by molar-refractivity contribution is 9.10. The molecule has 0 saturated heterocycles. The minimum absolute atomic E-state index is 0.124. The van der Waals surface area contributed by atoms with Gasteiger partial charge in [0.15, 0.2) is 5.69 Å². The van der Waals surface area contributed by atoms with Crippen LogP contribution >= 0.6 is 15.9 Å². The number of halogens is 1. The molecule has 0 saturated carbocycles. The van der Waals surface area contributed by atoms with Gasteiger partial charge in [0, 0.05) is 6.07 Å². The molecule has 66 valence electrons. The fourth-order valence-electron chi connectivity index (χ4n) is 0.862. The Balaban J connectivity index is 3.14. The lowest BCUT2D eigenvalue weighted by Gasteiger charge is -2.00. The zero-order valence-corrected chi connectivity index (χ0v) is 8.44. The van der Waals surface area contributed by atoms with E-state index in [4.69, 9.17) is 4.84 Å². The van der Waals surface area contributed by atoms with Crippen molar-refractivity contribution >= 4 is 21.6 Å². The second-order valence-electron chi connectivity index (χ2n) is 2.38. The molecule has 0 spiro atoms. The summed E-state index contributed by atoms with van der Waals surface area (Å²) in [5, 5.41) is 0. The summed E-state index contributed by atoms with van der Waals surface area (Å²) >= 11 is 3.13. The summed E-state index contributed by atoms with van der Waals surface area (Å²) in [6.45, 7) is 1.82. The average Bonchev–Trinajstić information content (AvgIpc) is 2.01. The number of quaternary nitrogens is 1. The number of aryl methyl sites for hydroxylation is 1. The van der Waals surface area contributed by atoms with Gasteiger partial charge in [-0.15, -0.1) is 0 Å². The Labute approximate surface area is 78.0 Å². The van der Waals surface area contributed by atoms with Crippen LogP contribution in [0, 0.1) is 6.92 Å². The highest BCUT2D eigenvalue weighted by Crippen LogP contribution is 2.09. The standard InChI is InChI=1S/C7H9BrN2O2/c1-4-6(10-12-2)3-5(8)7(11)9-4/h3,10H,1-2H3,(H,9,11)/p+1. The molecule has 1 aromatic heterocycles. The van der Waals surface area contributed by atoms with Gasteiger partial charge in [-0.1, -0.05) is 0 Å². The molecule has 1 aromatic rings. The highest BCUT2D eigenvalue weighted by atomic mass is 79.9. The van der Waals surface area contributed by atoms with Gasteiger partial charge in [-0.05, 0) is 22.9 Å². The number of hydrogen-bond acceptors (Lipinski definition) is 2. The van der Waals surface area contributed by atoms with Gasteiger partial charge in [0.1, 0.15) is 0 Å². The topological polar surface area (TPSA) is 58.7 Å². The van der Waals surface area contributed by atoms with Gasteiger partial charge >= 0.3 is 0 Å². The lowest BCUT2D eigenvalue weighted by atomic mass is 10.3. The van der Waals surface area contributed by atoms with Crippen molar-refractivity contribution in [1.82, 2.24) is 4.98 Å². The quantitative estimate of drug-likeness (QED) is 0.718. The number of pyridine rings is 1. The largest absolute Gasteiger partial charge is 0.320 e. The van der Waals surface area contributed by atoms with E-state index in [9.17, 15) is 4.79 Å². The summed E-state index contributed by atoms with van der Waals surface area (Å²) < 4.78 is 0.511. The first kappa shape index (κ1) is 9.44. The first-order valence-corrected chi connectivity index (χ1v) is 4.20. The SMILES string of the molecule is CO[NH2+]c1cc(Br)c(=O)[nH]c1C. The lowest BCUT2D eigenvalue weighted by molar-refractivity contribution is -0.830. The van der Waals surface area contributed by atoms with E-state index in [1.54, 1.807) is 18.7 Å². The molecular weight excluding hydrogens is 224 g/mol. The summed E-state index contributed by atoms with van der Waals surface area (Å²) in [5.41, 5.74) is 3.12. The Kier molecular flexibility index (Phi) is 3.02. The van der Waals surface area contributed by atoms with Crippen molar-refractivity contribution in [1.29, 1.82) is 0 Å². The van der Waals surface area contributed by atoms with Crippen molar-refractivity contribution in [3.05, 3.63) is 26.6 Å². The maximum absolute atomic E-state index is 11.0. The van der Waals surface area contributed by atoms with E-state index in [1.165, 1.54) is 0 Å². The van der Waals surface area contributed by atoms with E-state index in [1.807, 2.05) is 6.92 Å². The molecule has 4 nitrogen and oxygen atoms in total. The molecule has 12 heavy (non-hydrogen) atoms. The zero-order chi connectivity index (χ0) is 9.14. The fraction of sp³-hybridized carbons (Fsp3) is 0.286. The second-order valence-corrected chi connectivity index (χ2v) is 3.23. The average molecular weight is 234 g/mol. The maximum Gasteiger partial charge on any atom is 0.262 e. The third-order valence-corrected chi connectivity index (χ3v) is 2.07. The van der Waals surface area contributed by atoms with Crippen molar-refractivity contribution in [2.24, 2.45) is 0 Å². The second kappa shape index (κ2) is 3.84. The number of hydrogen-bond donors (Lipinski definition) is 2. The van der Waals surface area contributed by atoms with Crippen LogP contribution in [0.3, 0.4) is 0 Å². The van der Waals surface area contributed by atoms with Crippen LogP contribution in [0.1, 0.15) is 5.69 Å². The highest BCUT2D eigenvalue weighted by Gasteiger charge is 2.05. The van der Waals surface area contributed by atoms with Crippen LogP contribution in [0.4, 0.5) is 5.69 Å². The van der Waals surface area contributed by atoms with Crippen LogP contribution in [0.15, 0.2) is 15.3 Å². The molecule has 0 amide bonds. The minimum Gasteiger partial charge on any atom is -0.320 e. The number of aromatic nitrogens is 1. The van der Waals surface area contributed by atoms with Crippen LogP contribution in [0.5, 0.6) is 0 Å². The summed E-state index contributed by atoms with van der Waals surface area (Å²) in [4.78, 5) is 18.6. The Morgan fingerprint density at radius 3 is 2.92 bits per heavy atom. The van der Waals surface area contributed by atoms with Crippen LogP contribution in [0.2, 0.25) is 0 Å². The molecule has 0 bridgehead atoms. The van der Waals surface area contributed by atoms with Gasteiger partial charge in [0.2, 0.25) is 0 Å². The monoisotopic (exact) mass is 233 g/mol. The van der Waals surface area contributed by atoms with Gasteiger partial charge in [-0.25, -0.2) is 4.84 Å². The summed E-state index contributed by atoms with van der Waals surface area (Å²) in [7, 11) is 1.57. The van der Waals surface area contributed by atoms with E-state index in [0.29, 0.717) is 4.47 Å². The molecule has 0 fully saturated rings. The third-order valence-electron chi connectivity index (χ3n) is 1.48. The van der Waals surface area contributed by atoms with Crippen molar-refractivity contribution in [2.75, 3.05) is 7.11 Å². The normalized spacial score (nSPS) is 10.2. The van der Waals surface area contributed by atoms with E-state index >= 15 is 0 Å². The van der Waals surface area contributed by atoms with E-state index < -0.39 is 0 Å². The summed E-state index contributed by atoms with van der Waals surface area (Å²) in [6, 6.07) is 1.72. The first-order valence-electron chi connectivity index (χ1n) is 3.40. The van der Waals surface area contributed by atoms with Gasteiger partial charge in [-0.2, -0.15) is 5.48 Å². The van der Waals surface area contributed by atoms with E-state index in [2.05, 4.69) is 20.9 Å². The lowest BCUT2D eigenvalue weighted by Crippen LogP contribution is -2.76. The van der Waals surface area contributed by atoms with Gasteiger partial charge < -0.3 is 4.98 Å². The number of H-pyrrole nitrogens is 1. The van der Waals surface area contributed by atoms with Crippen LogP contribution in [-0.4, -0.2) is 12.1 Å². The smallest absolute Gasteiger partial charge is 0.262 e. The molecule has 0 aliphatic heterocycles. The number of nitrogens with one attached hydrogen (secondary N) is 1. The molecule has 1 heterocycles.